The lowest BCUT2D eigenvalue weighted by Crippen LogP contribution is -2.26. The summed E-state index contributed by atoms with van der Waals surface area (Å²) < 4.78 is 27.0. The van der Waals surface area contributed by atoms with Crippen molar-refractivity contribution in [3.05, 3.63) is 34.1 Å². The zero-order valence-electron chi connectivity index (χ0n) is 13.7. The summed E-state index contributed by atoms with van der Waals surface area (Å²) in [4.78, 5) is 13.3. The van der Waals surface area contributed by atoms with Gasteiger partial charge in [-0.05, 0) is 47.0 Å². The Hall–Kier alpha value is -1.78. The number of halogens is 1. The molecule has 25 heavy (non-hydrogen) atoms. The van der Waals surface area contributed by atoms with E-state index < -0.39 is 16.1 Å². The molecule has 1 aliphatic heterocycles. The van der Waals surface area contributed by atoms with Crippen molar-refractivity contribution in [3.8, 4) is 0 Å². The fourth-order valence-corrected chi connectivity index (χ4v) is 4.97. The first-order valence-electron chi connectivity index (χ1n) is 7.65. The van der Waals surface area contributed by atoms with Crippen molar-refractivity contribution in [1.82, 2.24) is 14.4 Å². The van der Waals surface area contributed by atoms with Crippen molar-refractivity contribution in [1.29, 1.82) is 0 Å². The summed E-state index contributed by atoms with van der Waals surface area (Å²) in [6.07, 6.45) is 1.52. The minimum atomic E-state index is -3.98. The van der Waals surface area contributed by atoms with Crippen LogP contribution in [-0.4, -0.2) is 46.5 Å². The number of carbonyl (C=O) groups is 1. The van der Waals surface area contributed by atoms with E-state index in [1.807, 2.05) is 0 Å². The number of benzene rings is 1. The van der Waals surface area contributed by atoms with E-state index in [2.05, 4.69) is 26.2 Å². The molecule has 2 heterocycles. The van der Waals surface area contributed by atoms with Crippen molar-refractivity contribution in [2.45, 2.75) is 37.7 Å². The monoisotopic (exact) mass is 428 g/mol. The van der Waals surface area contributed by atoms with Gasteiger partial charge in [0.05, 0.1) is 18.0 Å². The normalized spacial score (nSPS) is 15.3. The smallest absolute Gasteiger partial charge is 0.285 e. The Morgan fingerprint density at radius 3 is 2.80 bits per heavy atom. The van der Waals surface area contributed by atoms with Crippen LogP contribution in [0.25, 0.3) is 0 Å². The molecule has 1 aromatic heterocycles. The van der Waals surface area contributed by atoms with Gasteiger partial charge in [-0.25, -0.2) is 0 Å². The second-order valence-electron chi connectivity index (χ2n) is 5.97. The van der Waals surface area contributed by atoms with Crippen molar-refractivity contribution >= 4 is 37.5 Å². The second-order valence-corrected chi connectivity index (χ2v) is 8.59. The molecule has 10 heteroatoms. The first-order chi connectivity index (χ1) is 11.7. The summed E-state index contributed by atoms with van der Waals surface area (Å²) in [5.41, 5.74) is 1.88. The quantitative estimate of drug-likeness (QED) is 0.781. The van der Waals surface area contributed by atoms with Crippen molar-refractivity contribution in [2.75, 3.05) is 11.4 Å². The van der Waals surface area contributed by atoms with Gasteiger partial charge in [-0.15, -0.1) is 9.19 Å². The lowest BCUT2D eigenvalue weighted by molar-refractivity contribution is -0.116. The number of aliphatic hydroxyl groups is 1. The predicted molar refractivity (Wildman–Crippen MR) is 93.9 cm³/mol. The number of aliphatic hydroxyl groups excluding tert-OH is 1. The summed E-state index contributed by atoms with van der Waals surface area (Å²) in [5.74, 6) is -0.135. The Morgan fingerprint density at radius 2 is 2.16 bits per heavy atom. The molecule has 1 N–H and O–H groups in total. The van der Waals surface area contributed by atoms with Crippen molar-refractivity contribution < 1.29 is 18.3 Å². The van der Waals surface area contributed by atoms with Gasteiger partial charge >= 0.3 is 0 Å². The summed E-state index contributed by atoms with van der Waals surface area (Å²) >= 11 is 3.30. The maximum absolute atomic E-state index is 12.9. The Kier molecular flexibility index (Phi) is 4.69. The molecule has 0 aliphatic carbocycles. The lowest BCUT2D eigenvalue weighted by atomic mass is 10.2. The molecule has 0 saturated heterocycles. The topological polar surface area (TPSA) is 105 Å². The Balaban J connectivity index is 2.05. The SMILES string of the molecule is CC(=O)N1CCc2cc(Br)c(S(=O)(=O)n3cc(CC(C)O)nn3)cc21. The number of fused-ring (bicyclic) bond motifs is 1. The summed E-state index contributed by atoms with van der Waals surface area (Å²) in [6, 6.07) is 3.21. The zero-order valence-corrected chi connectivity index (χ0v) is 16.1. The summed E-state index contributed by atoms with van der Waals surface area (Å²) in [5, 5.41) is 16.9. The van der Waals surface area contributed by atoms with Crippen LogP contribution in [0.5, 0.6) is 0 Å². The third-order valence-corrected chi connectivity index (χ3v) is 6.44. The van der Waals surface area contributed by atoms with Crippen LogP contribution in [-0.2, 0) is 27.7 Å². The van der Waals surface area contributed by atoms with Gasteiger partial charge in [0, 0.05) is 30.0 Å². The molecule has 0 bridgehead atoms. The molecule has 1 aliphatic rings. The fraction of sp³-hybridized carbons (Fsp3) is 0.400. The van der Waals surface area contributed by atoms with Crippen LogP contribution < -0.4 is 4.90 Å². The van der Waals surface area contributed by atoms with Crippen LogP contribution in [0.4, 0.5) is 5.69 Å². The molecule has 1 amide bonds. The minimum absolute atomic E-state index is 0.00731. The van der Waals surface area contributed by atoms with Crippen LogP contribution in [0.1, 0.15) is 25.1 Å². The van der Waals surface area contributed by atoms with Crippen molar-refractivity contribution in [3.63, 3.8) is 0 Å². The third-order valence-electron chi connectivity index (χ3n) is 3.96. The predicted octanol–water partition coefficient (Wildman–Crippen LogP) is 1.11. The molecule has 0 saturated carbocycles. The number of rotatable bonds is 4. The highest BCUT2D eigenvalue weighted by Crippen LogP contribution is 2.36. The molecular weight excluding hydrogens is 412 g/mol. The standard InChI is InChI=1S/C15H17BrN4O4S/c1-9(21)5-12-8-20(18-17-12)25(23,24)15-7-14-11(6-13(15)16)3-4-19(14)10(2)22/h6-9,21H,3-5H2,1-2H3. The number of hydrogen-bond donors (Lipinski definition) is 1. The van der Waals surface area contributed by atoms with E-state index >= 15 is 0 Å². The molecule has 3 rings (SSSR count). The van der Waals surface area contributed by atoms with Crippen molar-refractivity contribution in [2.24, 2.45) is 0 Å². The number of carbonyl (C=O) groups excluding carboxylic acids is 1. The minimum Gasteiger partial charge on any atom is -0.393 e. The number of nitrogens with zero attached hydrogens (tertiary/aromatic N) is 4. The average Bonchev–Trinajstić information content (AvgIpc) is 3.12. The van der Waals surface area contributed by atoms with Crippen LogP contribution in [0.15, 0.2) is 27.7 Å². The summed E-state index contributed by atoms with van der Waals surface area (Å²) in [7, 11) is -3.98. The van der Waals surface area contributed by atoms with Gasteiger partial charge in [0.15, 0.2) is 0 Å². The Labute approximate surface area is 153 Å². The summed E-state index contributed by atoms with van der Waals surface area (Å²) in [6.45, 7) is 3.56. The van der Waals surface area contributed by atoms with Gasteiger partial charge in [0.2, 0.25) is 5.91 Å². The number of anilines is 1. The van der Waals surface area contributed by atoms with E-state index in [1.165, 1.54) is 19.2 Å². The molecule has 1 aromatic carbocycles. The number of amides is 1. The van der Waals surface area contributed by atoms with Gasteiger partial charge in [-0.1, -0.05) is 5.21 Å². The molecule has 0 radical (unpaired) electrons. The highest BCUT2D eigenvalue weighted by Gasteiger charge is 2.29. The van der Waals surface area contributed by atoms with E-state index in [4.69, 9.17) is 0 Å². The van der Waals surface area contributed by atoms with E-state index in [1.54, 1.807) is 17.9 Å². The van der Waals surface area contributed by atoms with Gasteiger partial charge in [0.1, 0.15) is 4.90 Å². The van der Waals surface area contributed by atoms with Crippen LogP contribution in [0.3, 0.4) is 0 Å². The van der Waals surface area contributed by atoms with Gasteiger partial charge in [-0.3, -0.25) is 4.79 Å². The van der Waals surface area contributed by atoms with E-state index in [9.17, 15) is 18.3 Å². The van der Waals surface area contributed by atoms with Gasteiger partial charge in [-0.2, -0.15) is 8.42 Å². The van der Waals surface area contributed by atoms with Crippen LogP contribution >= 0.6 is 15.9 Å². The molecular formula is C15H17BrN4O4S. The van der Waals surface area contributed by atoms with E-state index in [-0.39, 0.29) is 17.2 Å². The highest BCUT2D eigenvalue weighted by molar-refractivity contribution is 9.10. The molecule has 134 valence electrons. The van der Waals surface area contributed by atoms with Gasteiger partial charge in [0.25, 0.3) is 10.0 Å². The van der Waals surface area contributed by atoms with Crippen LogP contribution in [0, 0.1) is 0 Å². The molecule has 0 spiro atoms. The first-order valence-corrected chi connectivity index (χ1v) is 9.89. The largest absolute Gasteiger partial charge is 0.393 e. The number of aromatic nitrogens is 3. The Morgan fingerprint density at radius 1 is 1.44 bits per heavy atom. The molecule has 1 atom stereocenters. The second kappa shape index (κ2) is 6.50. The lowest BCUT2D eigenvalue weighted by Gasteiger charge is -2.16. The fourth-order valence-electron chi connectivity index (χ4n) is 2.81. The van der Waals surface area contributed by atoms with Crippen LogP contribution in [0.2, 0.25) is 0 Å². The molecule has 8 nitrogen and oxygen atoms in total. The molecule has 2 aromatic rings. The first kappa shape index (κ1) is 18.0. The molecule has 0 fully saturated rings. The molecule has 1 unspecified atom stereocenters. The van der Waals surface area contributed by atoms with E-state index in [0.29, 0.717) is 28.8 Å². The number of hydrogen-bond acceptors (Lipinski definition) is 6. The average molecular weight is 429 g/mol. The maximum atomic E-state index is 12.9. The zero-order chi connectivity index (χ0) is 18.4. The third kappa shape index (κ3) is 3.33. The highest BCUT2D eigenvalue weighted by atomic mass is 79.9. The van der Waals surface area contributed by atoms with Gasteiger partial charge < -0.3 is 10.0 Å². The maximum Gasteiger partial charge on any atom is 0.285 e. The Bertz CT molecular complexity index is 939. The van der Waals surface area contributed by atoms with E-state index in [0.717, 1.165) is 9.65 Å².